The average molecular weight is 219 g/mol. The third-order valence-corrected chi connectivity index (χ3v) is 3.16. The maximum absolute atomic E-state index is 13.1. The summed E-state index contributed by atoms with van der Waals surface area (Å²) < 4.78 is 14.6. The van der Waals surface area contributed by atoms with Crippen LogP contribution >= 0.6 is 0 Å². The van der Waals surface area contributed by atoms with E-state index in [0.717, 1.165) is 24.0 Å². The molecule has 2 aromatic heterocycles. The Morgan fingerprint density at radius 2 is 2.44 bits per heavy atom. The summed E-state index contributed by atoms with van der Waals surface area (Å²) in [6, 6.07) is 1.29. The molecule has 2 aromatic rings. The number of aromatic nitrogens is 3. The van der Waals surface area contributed by atoms with Gasteiger partial charge in [0, 0.05) is 23.7 Å². The van der Waals surface area contributed by atoms with Crippen LogP contribution in [-0.2, 0) is 4.79 Å². The van der Waals surface area contributed by atoms with Gasteiger partial charge in [0.2, 0.25) is 5.95 Å². The molecular formula is C11H10FN3O. The van der Waals surface area contributed by atoms with Crippen molar-refractivity contribution in [3.8, 4) is 0 Å². The molecule has 4 nitrogen and oxygen atoms in total. The summed E-state index contributed by atoms with van der Waals surface area (Å²) in [7, 11) is 0. The van der Waals surface area contributed by atoms with Crippen LogP contribution in [0.1, 0.15) is 36.4 Å². The summed E-state index contributed by atoms with van der Waals surface area (Å²) in [6.45, 7) is 2.02. The highest BCUT2D eigenvalue weighted by atomic mass is 19.1. The Bertz CT molecular complexity index is 578. The first kappa shape index (κ1) is 9.45. The Morgan fingerprint density at radius 3 is 3.19 bits per heavy atom. The summed E-state index contributed by atoms with van der Waals surface area (Å²) in [4.78, 5) is 15.0. The molecule has 2 heterocycles. The second kappa shape index (κ2) is 3.10. The summed E-state index contributed by atoms with van der Waals surface area (Å²) in [5.74, 6) is -0.466. The van der Waals surface area contributed by atoms with Crippen molar-refractivity contribution >= 4 is 11.9 Å². The predicted octanol–water partition coefficient (Wildman–Crippen LogP) is 1.66. The van der Waals surface area contributed by atoms with E-state index in [1.165, 1.54) is 10.6 Å². The molecule has 2 atom stereocenters. The Morgan fingerprint density at radius 1 is 1.62 bits per heavy atom. The SMILES string of the molecule is CC1C[C@@H](C=O)c2cnc3cc(F)nn3c21. The Labute approximate surface area is 91.1 Å². The van der Waals surface area contributed by atoms with Gasteiger partial charge in [-0.3, -0.25) is 0 Å². The zero-order valence-corrected chi connectivity index (χ0v) is 8.72. The number of aldehydes is 1. The number of hydrogen-bond donors (Lipinski definition) is 0. The van der Waals surface area contributed by atoms with Gasteiger partial charge < -0.3 is 4.79 Å². The van der Waals surface area contributed by atoms with Crippen LogP contribution in [0.2, 0.25) is 0 Å². The number of nitrogens with zero attached hydrogens (tertiary/aromatic N) is 3. The number of carbonyl (C=O) groups is 1. The fourth-order valence-electron chi connectivity index (χ4n) is 2.46. The summed E-state index contributed by atoms with van der Waals surface area (Å²) in [5.41, 5.74) is 2.28. The molecule has 1 aliphatic rings. The highest BCUT2D eigenvalue weighted by Gasteiger charge is 2.31. The molecule has 3 rings (SSSR count). The quantitative estimate of drug-likeness (QED) is 0.685. The lowest BCUT2D eigenvalue weighted by Crippen LogP contribution is -2.03. The van der Waals surface area contributed by atoms with Crippen molar-refractivity contribution in [2.75, 3.05) is 0 Å². The third kappa shape index (κ3) is 1.11. The van der Waals surface area contributed by atoms with E-state index in [2.05, 4.69) is 10.1 Å². The van der Waals surface area contributed by atoms with Crippen LogP contribution in [0, 0.1) is 5.95 Å². The molecule has 0 aliphatic heterocycles. The van der Waals surface area contributed by atoms with E-state index < -0.39 is 5.95 Å². The van der Waals surface area contributed by atoms with Crippen LogP contribution in [0.3, 0.4) is 0 Å². The first-order valence-electron chi connectivity index (χ1n) is 5.20. The lowest BCUT2D eigenvalue weighted by molar-refractivity contribution is -0.109. The number of rotatable bonds is 1. The van der Waals surface area contributed by atoms with E-state index in [0.29, 0.717) is 5.65 Å². The van der Waals surface area contributed by atoms with Crippen LogP contribution in [0.25, 0.3) is 5.65 Å². The minimum atomic E-state index is -0.539. The average Bonchev–Trinajstić information content (AvgIpc) is 2.77. The number of halogens is 1. The van der Waals surface area contributed by atoms with Crippen LogP contribution in [-0.4, -0.2) is 20.9 Å². The fraction of sp³-hybridized carbons (Fsp3) is 0.364. The van der Waals surface area contributed by atoms with Gasteiger partial charge in [-0.15, -0.1) is 5.10 Å². The maximum Gasteiger partial charge on any atom is 0.235 e. The maximum atomic E-state index is 13.1. The molecule has 0 saturated carbocycles. The van der Waals surface area contributed by atoms with E-state index in [-0.39, 0.29) is 11.8 Å². The Balaban J connectivity index is 2.34. The number of fused-ring (bicyclic) bond motifs is 3. The third-order valence-electron chi connectivity index (χ3n) is 3.16. The van der Waals surface area contributed by atoms with Gasteiger partial charge in [-0.1, -0.05) is 6.92 Å². The molecule has 5 heteroatoms. The molecule has 0 fully saturated rings. The fourth-order valence-corrected chi connectivity index (χ4v) is 2.46. The first-order valence-corrected chi connectivity index (χ1v) is 5.20. The van der Waals surface area contributed by atoms with Crippen LogP contribution in [0.4, 0.5) is 4.39 Å². The smallest absolute Gasteiger partial charge is 0.235 e. The van der Waals surface area contributed by atoms with Crippen molar-refractivity contribution in [1.82, 2.24) is 14.6 Å². The van der Waals surface area contributed by atoms with Gasteiger partial charge in [0.1, 0.15) is 6.29 Å². The molecule has 0 N–H and O–H groups in total. The van der Waals surface area contributed by atoms with Gasteiger partial charge >= 0.3 is 0 Å². The molecule has 0 aromatic carbocycles. The van der Waals surface area contributed by atoms with E-state index in [1.807, 2.05) is 6.92 Å². The molecular weight excluding hydrogens is 209 g/mol. The Hall–Kier alpha value is -1.78. The topological polar surface area (TPSA) is 47.3 Å². The lowest BCUT2D eigenvalue weighted by Gasteiger charge is -2.06. The monoisotopic (exact) mass is 219 g/mol. The van der Waals surface area contributed by atoms with Gasteiger partial charge in [0.25, 0.3) is 0 Å². The minimum Gasteiger partial charge on any atom is -0.303 e. The normalized spacial score (nSPS) is 23.6. The second-order valence-corrected chi connectivity index (χ2v) is 4.22. The molecule has 0 bridgehead atoms. The van der Waals surface area contributed by atoms with Crippen LogP contribution in [0.5, 0.6) is 0 Å². The molecule has 0 spiro atoms. The Kier molecular flexibility index (Phi) is 1.83. The van der Waals surface area contributed by atoms with E-state index in [9.17, 15) is 9.18 Å². The predicted molar refractivity (Wildman–Crippen MR) is 54.8 cm³/mol. The van der Waals surface area contributed by atoms with E-state index in [4.69, 9.17) is 0 Å². The van der Waals surface area contributed by atoms with Crippen molar-refractivity contribution in [2.45, 2.75) is 25.2 Å². The molecule has 0 saturated heterocycles. The summed E-state index contributed by atoms with van der Waals surface area (Å²) in [5, 5.41) is 3.78. The largest absolute Gasteiger partial charge is 0.303 e. The van der Waals surface area contributed by atoms with Gasteiger partial charge in [0.15, 0.2) is 5.65 Å². The van der Waals surface area contributed by atoms with Crippen LogP contribution in [0.15, 0.2) is 12.3 Å². The van der Waals surface area contributed by atoms with Crippen molar-refractivity contribution in [2.24, 2.45) is 0 Å². The van der Waals surface area contributed by atoms with Crippen molar-refractivity contribution in [3.05, 3.63) is 29.5 Å². The standard InChI is InChI=1S/C11H10FN3O/c1-6-2-7(5-16)8-4-13-10-3-9(12)14-15(10)11(6)8/h3-7H,2H2,1H3/t6?,7-/m0/s1. The molecule has 0 amide bonds. The molecule has 1 aliphatic carbocycles. The molecule has 0 radical (unpaired) electrons. The molecule has 16 heavy (non-hydrogen) atoms. The van der Waals surface area contributed by atoms with Gasteiger partial charge in [0.05, 0.1) is 5.69 Å². The zero-order chi connectivity index (χ0) is 11.3. The van der Waals surface area contributed by atoms with Crippen molar-refractivity contribution in [1.29, 1.82) is 0 Å². The number of hydrogen-bond acceptors (Lipinski definition) is 3. The second-order valence-electron chi connectivity index (χ2n) is 4.22. The van der Waals surface area contributed by atoms with Gasteiger partial charge in [-0.25, -0.2) is 9.50 Å². The summed E-state index contributed by atoms with van der Waals surface area (Å²) in [6.07, 6.45) is 3.34. The lowest BCUT2D eigenvalue weighted by atomic mass is 10.1. The molecule has 82 valence electrons. The highest BCUT2D eigenvalue weighted by Crippen LogP contribution is 2.39. The highest BCUT2D eigenvalue weighted by molar-refractivity contribution is 5.65. The summed E-state index contributed by atoms with van der Waals surface area (Å²) >= 11 is 0. The van der Waals surface area contributed by atoms with Crippen molar-refractivity contribution in [3.63, 3.8) is 0 Å². The van der Waals surface area contributed by atoms with Gasteiger partial charge in [-0.05, 0) is 12.3 Å². The first-order chi connectivity index (χ1) is 7.70. The number of carbonyl (C=O) groups excluding carboxylic acids is 1. The van der Waals surface area contributed by atoms with E-state index in [1.54, 1.807) is 6.20 Å². The van der Waals surface area contributed by atoms with E-state index >= 15 is 0 Å². The minimum absolute atomic E-state index is 0.130. The van der Waals surface area contributed by atoms with Crippen molar-refractivity contribution < 1.29 is 9.18 Å². The molecule has 1 unspecified atom stereocenters. The zero-order valence-electron chi connectivity index (χ0n) is 8.72. The van der Waals surface area contributed by atoms with Gasteiger partial charge in [-0.2, -0.15) is 4.39 Å². The van der Waals surface area contributed by atoms with Crippen LogP contribution < -0.4 is 0 Å².